The number of nitrogens with one attached hydrogen (secondary N) is 1. The SMILES string of the molecule is CN(Cc1ccnc(C(=N)N)c1)CC(F)(F)F. The minimum atomic E-state index is -4.22. The van der Waals surface area contributed by atoms with E-state index in [2.05, 4.69) is 4.98 Å². The molecule has 0 aliphatic rings. The number of halogens is 3. The second-order valence-corrected chi connectivity index (χ2v) is 3.75. The van der Waals surface area contributed by atoms with E-state index >= 15 is 0 Å². The largest absolute Gasteiger partial charge is 0.401 e. The summed E-state index contributed by atoms with van der Waals surface area (Å²) in [6, 6.07) is 3.11. The molecule has 3 N–H and O–H groups in total. The van der Waals surface area contributed by atoms with E-state index in [1.807, 2.05) is 0 Å². The van der Waals surface area contributed by atoms with Crippen LogP contribution < -0.4 is 5.73 Å². The van der Waals surface area contributed by atoms with Crippen molar-refractivity contribution >= 4 is 5.84 Å². The van der Waals surface area contributed by atoms with Gasteiger partial charge in [0.25, 0.3) is 0 Å². The second kappa shape index (κ2) is 5.13. The summed E-state index contributed by atoms with van der Waals surface area (Å²) in [4.78, 5) is 4.97. The van der Waals surface area contributed by atoms with Crippen molar-refractivity contribution in [1.29, 1.82) is 5.41 Å². The third kappa shape index (κ3) is 4.81. The molecule has 94 valence electrons. The number of nitrogens with zero attached hydrogens (tertiary/aromatic N) is 2. The van der Waals surface area contributed by atoms with E-state index in [9.17, 15) is 13.2 Å². The first-order valence-electron chi connectivity index (χ1n) is 4.82. The first kappa shape index (κ1) is 13.4. The van der Waals surface area contributed by atoms with Crippen LogP contribution in [0.4, 0.5) is 13.2 Å². The lowest BCUT2D eigenvalue weighted by atomic mass is 10.2. The summed E-state index contributed by atoms with van der Waals surface area (Å²) in [7, 11) is 1.38. The first-order valence-corrected chi connectivity index (χ1v) is 4.82. The molecule has 7 heteroatoms. The molecule has 1 aromatic heterocycles. The lowest BCUT2D eigenvalue weighted by molar-refractivity contribution is -0.144. The number of rotatable bonds is 4. The number of hydrogen-bond donors (Lipinski definition) is 2. The van der Waals surface area contributed by atoms with E-state index in [1.165, 1.54) is 19.3 Å². The topological polar surface area (TPSA) is 66.0 Å². The van der Waals surface area contributed by atoms with Gasteiger partial charge in [-0.2, -0.15) is 13.2 Å². The van der Waals surface area contributed by atoms with E-state index in [0.717, 1.165) is 4.90 Å². The zero-order valence-corrected chi connectivity index (χ0v) is 9.25. The van der Waals surface area contributed by atoms with Gasteiger partial charge in [-0.3, -0.25) is 15.3 Å². The molecule has 0 unspecified atom stereocenters. The van der Waals surface area contributed by atoms with Crippen molar-refractivity contribution in [3.63, 3.8) is 0 Å². The molecule has 0 fully saturated rings. The van der Waals surface area contributed by atoms with Crippen molar-refractivity contribution in [1.82, 2.24) is 9.88 Å². The maximum atomic E-state index is 12.1. The van der Waals surface area contributed by atoms with Crippen LogP contribution in [-0.2, 0) is 6.54 Å². The van der Waals surface area contributed by atoms with Crippen molar-refractivity contribution in [2.45, 2.75) is 12.7 Å². The summed E-state index contributed by atoms with van der Waals surface area (Å²) >= 11 is 0. The molecule has 0 saturated heterocycles. The van der Waals surface area contributed by atoms with Gasteiger partial charge < -0.3 is 5.73 Å². The Kier molecular flexibility index (Phi) is 4.06. The highest BCUT2D eigenvalue weighted by Gasteiger charge is 2.29. The van der Waals surface area contributed by atoms with Crippen molar-refractivity contribution in [2.75, 3.05) is 13.6 Å². The molecule has 0 aliphatic heterocycles. The van der Waals surface area contributed by atoms with Gasteiger partial charge in [0.2, 0.25) is 0 Å². The van der Waals surface area contributed by atoms with Crippen LogP contribution in [0.3, 0.4) is 0 Å². The minimum absolute atomic E-state index is 0.127. The summed E-state index contributed by atoms with van der Waals surface area (Å²) in [6.07, 6.45) is -2.79. The van der Waals surface area contributed by atoms with Crippen molar-refractivity contribution in [3.05, 3.63) is 29.6 Å². The molecule has 0 saturated carbocycles. The molecule has 1 rings (SSSR count). The second-order valence-electron chi connectivity index (χ2n) is 3.75. The van der Waals surface area contributed by atoms with Crippen molar-refractivity contribution in [3.8, 4) is 0 Å². The molecule has 4 nitrogen and oxygen atoms in total. The van der Waals surface area contributed by atoms with Gasteiger partial charge in [-0.25, -0.2) is 0 Å². The number of alkyl halides is 3. The fraction of sp³-hybridized carbons (Fsp3) is 0.400. The Labute approximate surface area is 96.8 Å². The van der Waals surface area contributed by atoms with Gasteiger partial charge in [0, 0.05) is 12.7 Å². The first-order chi connectivity index (χ1) is 7.78. The van der Waals surface area contributed by atoms with Gasteiger partial charge in [-0.05, 0) is 24.7 Å². The van der Waals surface area contributed by atoms with Crippen LogP contribution in [0.25, 0.3) is 0 Å². The minimum Gasteiger partial charge on any atom is -0.382 e. The number of nitrogen functional groups attached to an aromatic ring is 1. The van der Waals surface area contributed by atoms with Crippen LogP contribution >= 0.6 is 0 Å². The molecule has 0 spiro atoms. The van der Waals surface area contributed by atoms with Crippen molar-refractivity contribution in [2.24, 2.45) is 5.73 Å². The van der Waals surface area contributed by atoms with Crippen LogP contribution in [0.1, 0.15) is 11.3 Å². The molecular formula is C10H13F3N4. The van der Waals surface area contributed by atoms with Crippen LogP contribution in [0.2, 0.25) is 0 Å². The van der Waals surface area contributed by atoms with Gasteiger partial charge in [0.05, 0.1) is 6.54 Å². The van der Waals surface area contributed by atoms with Crippen LogP contribution in [0.15, 0.2) is 18.3 Å². The molecule has 0 atom stereocenters. The Morgan fingerprint density at radius 1 is 1.53 bits per heavy atom. The number of amidine groups is 1. The van der Waals surface area contributed by atoms with Crippen LogP contribution in [-0.4, -0.2) is 35.5 Å². The highest BCUT2D eigenvalue weighted by Crippen LogP contribution is 2.16. The summed E-state index contributed by atoms with van der Waals surface area (Å²) in [5, 5.41) is 7.18. The van der Waals surface area contributed by atoms with E-state index in [0.29, 0.717) is 5.56 Å². The smallest absolute Gasteiger partial charge is 0.382 e. The number of pyridine rings is 1. The van der Waals surface area contributed by atoms with Crippen LogP contribution in [0, 0.1) is 5.41 Å². The third-order valence-electron chi connectivity index (χ3n) is 2.00. The predicted molar refractivity (Wildman–Crippen MR) is 57.6 cm³/mol. The van der Waals surface area contributed by atoms with Crippen LogP contribution in [0.5, 0.6) is 0 Å². The Bertz CT molecular complexity index is 403. The fourth-order valence-corrected chi connectivity index (χ4v) is 1.39. The highest BCUT2D eigenvalue weighted by atomic mass is 19.4. The molecule has 0 aliphatic carbocycles. The molecular weight excluding hydrogens is 233 g/mol. The molecule has 0 radical (unpaired) electrons. The van der Waals surface area contributed by atoms with E-state index in [-0.39, 0.29) is 18.1 Å². The quantitative estimate of drug-likeness (QED) is 0.622. The number of hydrogen-bond acceptors (Lipinski definition) is 3. The van der Waals surface area contributed by atoms with E-state index in [1.54, 1.807) is 6.07 Å². The normalized spacial score (nSPS) is 11.8. The highest BCUT2D eigenvalue weighted by molar-refractivity contribution is 5.93. The molecule has 17 heavy (non-hydrogen) atoms. The zero-order chi connectivity index (χ0) is 13.1. The zero-order valence-electron chi connectivity index (χ0n) is 9.25. The summed E-state index contributed by atoms with van der Waals surface area (Å²) in [6.45, 7) is -0.854. The number of aromatic nitrogens is 1. The average molecular weight is 246 g/mol. The maximum Gasteiger partial charge on any atom is 0.401 e. The lowest BCUT2D eigenvalue weighted by Gasteiger charge is -2.18. The van der Waals surface area contributed by atoms with Gasteiger partial charge in [-0.15, -0.1) is 0 Å². The monoisotopic (exact) mass is 246 g/mol. The van der Waals surface area contributed by atoms with Gasteiger partial charge >= 0.3 is 6.18 Å². The Hall–Kier alpha value is -1.63. The summed E-state index contributed by atoms with van der Waals surface area (Å²) < 4.78 is 36.3. The molecule has 1 aromatic rings. The standard InChI is InChI=1S/C10H13F3N4/c1-17(6-10(11,12)13)5-7-2-3-16-8(4-7)9(14)15/h2-4H,5-6H2,1H3,(H3,14,15). The summed E-state index contributed by atoms with van der Waals surface area (Å²) in [5.41, 5.74) is 6.15. The van der Waals surface area contributed by atoms with E-state index < -0.39 is 12.7 Å². The van der Waals surface area contributed by atoms with Gasteiger partial charge in [-0.1, -0.05) is 0 Å². The third-order valence-corrected chi connectivity index (χ3v) is 2.00. The Morgan fingerprint density at radius 2 is 2.18 bits per heavy atom. The molecule has 1 heterocycles. The lowest BCUT2D eigenvalue weighted by Crippen LogP contribution is -2.30. The molecule has 0 bridgehead atoms. The van der Waals surface area contributed by atoms with Gasteiger partial charge in [0.1, 0.15) is 11.5 Å². The average Bonchev–Trinajstić information content (AvgIpc) is 2.14. The molecule has 0 aromatic carbocycles. The Balaban J connectivity index is 2.68. The predicted octanol–water partition coefficient (Wildman–Crippen LogP) is 1.36. The fourth-order valence-electron chi connectivity index (χ4n) is 1.39. The van der Waals surface area contributed by atoms with E-state index in [4.69, 9.17) is 11.1 Å². The maximum absolute atomic E-state index is 12.1. The number of nitrogens with two attached hydrogens (primary N) is 1. The van der Waals surface area contributed by atoms with Crippen molar-refractivity contribution < 1.29 is 13.2 Å². The van der Waals surface area contributed by atoms with Gasteiger partial charge in [0.15, 0.2) is 0 Å². The summed E-state index contributed by atoms with van der Waals surface area (Å²) in [5.74, 6) is -0.203. The molecule has 0 amide bonds. The Morgan fingerprint density at radius 3 is 2.71 bits per heavy atom.